The predicted molar refractivity (Wildman–Crippen MR) is 78.3 cm³/mol. The minimum absolute atomic E-state index is 0.315. The van der Waals surface area contributed by atoms with Gasteiger partial charge in [0, 0.05) is 35.4 Å². The van der Waals surface area contributed by atoms with Gasteiger partial charge in [-0.15, -0.1) is 0 Å². The van der Waals surface area contributed by atoms with E-state index in [-0.39, 0.29) is 5.82 Å². The lowest BCUT2D eigenvalue weighted by molar-refractivity contribution is 0.620. The molecule has 0 aliphatic heterocycles. The normalized spacial score (nSPS) is 13.1. The number of rotatable bonds is 4. The number of hydrogen-bond donors (Lipinski definition) is 1. The van der Waals surface area contributed by atoms with E-state index in [9.17, 15) is 8.60 Å². The van der Waals surface area contributed by atoms with E-state index >= 15 is 0 Å². The number of aromatic amines is 1. The van der Waals surface area contributed by atoms with Gasteiger partial charge in [0.25, 0.3) is 0 Å². The third-order valence-electron chi connectivity index (χ3n) is 2.63. The van der Waals surface area contributed by atoms with E-state index in [0.717, 1.165) is 17.5 Å². The van der Waals surface area contributed by atoms with Crippen LogP contribution >= 0.6 is 28.1 Å². The minimum atomic E-state index is -0.815. The molecule has 0 radical (unpaired) electrons. The molecule has 0 spiro atoms. The van der Waals surface area contributed by atoms with Crippen molar-refractivity contribution in [2.45, 2.75) is 13.0 Å². The molecule has 2 rings (SSSR count). The minimum Gasteiger partial charge on any atom is -0.331 e. The van der Waals surface area contributed by atoms with Crippen molar-refractivity contribution in [2.24, 2.45) is 0 Å². The number of fused-ring (bicyclic) bond motifs is 1. The molecule has 0 saturated carbocycles. The van der Waals surface area contributed by atoms with Crippen LogP contribution in [0.1, 0.15) is 6.42 Å². The Morgan fingerprint density at radius 2 is 2.28 bits per heavy atom. The third-order valence-corrected chi connectivity index (χ3v) is 4.42. The molecule has 1 unspecified atom stereocenters. The molecule has 0 fully saturated rings. The Labute approximate surface area is 120 Å². The number of halogens is 2. The fraction of sp³-hybridized carbons (Fsp3) is 0.364. The van der Waals surface area contributed by atoms with Crippen LogP contribution in [0.3, 0.4) is 0 Å². The van der Waals surface area contributed by atoms with Gasteiger partial charge in [-0.05, 0) is 40.6 Å². The molecule has 98 valence electrons. The van der Waals surface area contributed by atoms with Gasteiger partial charge in [-0.25, -0.2) is 4.39 Å². The first-order valence-corrected chi connectivity index (χ1v) is 8.29. The summed E-state index contributed by atoms with van der Waals surface area (Å²) in [5.41, 5.74) is 1.54. The fourth-order valence-electron chi connectivity index (χ4n) is 1.80. The van der Waals surface area contributed by atoms with Crippen LogP contribution in [0.5, 0.6) is 0 Å². The van der Waals surface area contributed by atoms with E-state index in [1.165, 1.54) is 6.07 Å². The quantitative estimate of drug-likeness (QED) is 0.858. The molecule has 1 heterocycles. The maximum absolute atomic E-state index is 13.5. The topological polar surface area (TPSA) is 37.8 Å². The number of imidazole rings is 1. The summed E-state index contributed by atoms with van der Waals surface area (Å²) in [7, 11) is -0.815. The van der Waals surface area contributed by atoms with Crippen LogP contribution < -0.4 is 0 Å². The van der Waals surface area contributed by atoms with Crippen molar-refractivity contribution in [3.05, 3.63) is 27.2 Å². The molecular weight excluding hydrogens is 339 g/mol. The number of aryl methyl sites for hydroxylation is 1. The molecule has 2 aromatic rings. The Morgan fingerprint density at radius 1 is 1.56 bits per heavy atom. The fourth-order valence-corrected chi connectivity index (χ4v) is 2.98. The number of H-pyrrole nitrogens is 1. The van der Waals surface area contributed by atoms with E-state index in [1.54, 1.807) is 12.3 Å². The first-order valence-electron chi connectivity index (χ1n) is 5.36. The second-order valence-corrected chi connectivity index (χ2v) is 6.79. The van der Waals surface area contributed by atoms with Gasteiger partial charge in [0.15, 0.2) is 4.77 Å². The average molecular weight is 351 g/mol. The Kier molecular flexibility index (Phi) is 4.34. The van der Waals surface area contributed by atoms with Crippen LogP contribution in [0.15, 0.2) is 16.6 Å². The summed E-state index contributed by atoms with van der Waals surface area (Å²) in [6, 6.07) is 3.13. The highest BCUT2D eigenvalue weighted by molar-refractivity contribution is 9.10. The van der Waals surface area contributed by atoms with Crippen molar-refractivity contribution in [2.75, 3.05) is 12.0 Å². The number of nitrogens with zero attached hydrogens (tertiary/aromatic N) is 1. The van der Waals surface area contributed by atoms with Gasteiger partial charge in [-0.1, -0.05) is 0 Å². The second kappa shape index (κ2) is 5.63. The number of nitrogens with one attached hydrogen (secondary N) is 1. The molecule has 3 nitrogen and oxygen atoms in total. The first kappa shape index (κ1) is 13.9. The average Bonchev–Trinajstić information content (AvgIpc) is 2.56. The molecular formula is C11H12BrFN2OS2. The van der Waals surface area contributed by atoms with Gasteiger partial charge >= 0.3 is 0 Å². The Morgan fingerprint density at radius 3 is 2.94 bits per heavy atom. The molecule has 18 heavy (non-hydrogen) atoms. The zero-order chi connectivity index (χ0) is 13.3. The summed E-state index contributed by atoms with van der Waals surface area (Å²) in [6.07, 6.45) is 2.42. The molecule has 1 aromatic heterocycles. The third kappa shape index (κ3) is 2.89. The molecule has 7 heteroatoms. The van der Waals surface area contributed by atoms with Gasteiger partial charge < -0.3 is 9.55 Å². The first-order chi connectivity index (χ1) is 8.49. The molecule has 0 aliphatic rings. The lowest BCUT2D eigenvalue weighted by Crippen LogP contribution is -2.03. The lowest BCUT2D eigenvalue weighted by atomic mass is 10.3. The molecule has 0 bridgehead atoms. The van der Waals surface area contributed by atoms with Gasteiger partial charge in [-0.3, -0.25) is 4.21 Å². The smallest absolute Gasteiger partial charge is 0.178 e. The highest BCUT2D eigenvalue weighted by Gasteiger charge is 2.08. The van der Waals surface area contributed by atoms with Crippen molar-refractivity contribution < 1.29 is 8.60 Å². The van der Waals surface area contributed by atoms with Gasteiger partial charge in [0.05, 0.1) is 15.5 Å². The summed E-state index contributed by atoms with van der Waals surface area (Å²) < 4.78 is 27.4. The van der Waals surface area contributed by atoms with Crippen LogP contribution in [0.2, 0.25) is 0 Å². The standard InChI is InChI=1S/C11H12BrFN2OS2/c1-18(16)4-2-3-15-10-6-8(13)7(12)5-9(10)14-11(15)17/h5-6H,2-4H2,1H3,(H,14,17). The largest absolute Gasteiger partial charge is 0.331 e. The summed E-state index contributed by atoms with van der Waals surface area (Å²) >= 11 is 8.36. The number of benzene rings is 1. The zero-order valence-electron chi connectivity index (χ0n) is 9.70. The predicted octanol–water partition coefficient (Wildman–Crippen LogP) is 3.37. The summed E-state index contributed by atoms with van der Waals surface area (Å²) in [6.45, 7) is 0.638. The van der Waals surface area contributed by atoms with E-state index in [0.29, 0.717) is 21.5 Å². The number of aromatic nitrogens is 2. The maximum Gasteiger partial charge on any atom is 0.178 e. The van der Waals surface area contributed by atoms with Crippen molar-refractivity contribution >= 4 is 50.0 Å². The molecule has 1 N–H and O–H groups in total. The Hall–Kier alpha value is -0.530. The van der Waals surface area contributed by atoms with E-state index in [1.807, 2.05) is 4.57 Å². The SMILES string of the molecule is CS(=O)CCCn1c(=S)[nH]c2cc(Br)c(F)cc21. The van der Waals surface area contributed by atoms with Crippen LogP contribution in [-0.2, 0) is 17.3 Å². The van der Waals surface area contributed by atoms with Crippen LogP contribution in [0.25, 0.3) is 11.0 Å². The lowest BCUT2D eigenvalue weighted by Gasteiger charge is -2.04. The molecule has 1 aromatic carbocycles. The molecule has 0 aliphatic carbocycles. The molecule has 0 saturated heterocycles. The molecule has 1 atom stereocenters. The highest BCUT2D eigenvalue weighted by Crippen LogP contribution is 2.23. The summed E-state index contributed by atoms with van der Waals surface area (Å²) in [4.78, 5) is 3.04. The summed E-state index contributed by atoms with van der Waals surface area (Å²) in [5, 5.41) is 0. The van der Waals surface area contributed by atoms with Crippen LogP contribution in [-0.4, -0.2) is 25.8 Å². The zero-order valence-corrected chi connectivity index (χ0v) is 12.9. The van der Waals surface area contributed by atoms with E-state index in [2.05, 4.69) is 20.9 Å². The monoisotopic (exact) mass is 350 g/mol. The second-order valence-electron chi connectivity index (χ2n) is 4.00. The Bertz CT molecular complexity index is 665. The van der Waals surface area contributed by atoms with Crippen molar-refractivity contribution in [1.29, 1.82) is 0 Å². The van der Waals surface area contributed by atoms with Gasteiger partial charge in [0.2, 0.25) is 0 Å². The van der Waals surface area contributed by atoms with Crippen molar-refractivity contribution in [3.8, 4) is 0 Å². The van der Waals surface area contributed by atoms with Crippen LogP contribution in [0.4, 0.5) is 4.39 Å². The summed E-state index contributed by atoms with van der Waals surface area (Å²) in [5.74, 6) is 0.303. The van der Waals surface area contributed by atoms with E-state index in [4.69, 9.17) is 12.2 Å². The molecule has 0 amide bonds. The van der Waals surface area contributed by atoms with Gasteiger partial charge in [-0.2, -0.15) is 0 Å². The highest BCUT2D eigenvalue weighted by atomic mass is 79.9. The van der Waals surface area contributed by atoms with Crippen molar-refractivity contribution in [3.63, 3.8) is 0 Å². The Balaban J connectivity index is 2.37. The number of hydrogen-bond acceptors (Lipinski definition) is 2. The van der Waals surface area contributed by atoms with Gasteiger partial charge in [0.1, 0.15) is 5.82 Å². The maximum atomic E-state index is 13.5. The van der Waals surface area contributed by atoms with Crippen LogP contribution in [0, 0.1) is 10.6 Å². The van der Waals surface area contributed by atoms with E-state index < -0.39 is 10.8 Å². The van der Waals surface area contributed by atoms with Crippen molar-refractivity contribution in [1.82, 2.24) is 9.55 Å².